The molecule has 34 heavy (non-hydrogen) atoms. The highest BCUT2D eigenvalue weighted by Gasteiger charge is 2.52. The third-order valence-corrected chi connectivity index (χ3v) is 7.92. The summed E-state index contributed by atoms with van der Waals surface area (Å²) in [6.45, 7) is 3.51. The van der Waals surface area contributed by atoms with Crippen molar-refractivity contribution in [2.75, 3.05) is 23.7 Å². The van der Waals surface area contributed by atoms with Gasteiger partial charge in [0, 0.05) is 30.0 Å². The lowest BCUT2D eigenvalue weighted by Crippen LogP contribution is -2.42. The quantitative estimate of drug-likeness (QED) is 0.580. The van der Waals surface area contributed by atoms with Crippen molar-refractivity contribution in [2.45, 2.75) is 25.1 Å². The summed E-state index contributed by atoms with van der Waals surface area (Å²) in [7, 11) is 0. The summed E-state index contributed by atoms with van der Waals surface area (Å²) in [4.78, 5) is 29.0. The van der Waals surface area contributed by atoms with Crippen LogP contribution in [0, 0.1) is 11.7 Å². The SMILES string of the molecule is CC(C)(F)c1nc(N2CC3CSC(NC(=O)c4ccccc4)=NC3(c3ccns3)C2)ncc1F. The van der Waals surface area contributed by atoms with Crippen molar-refractivity contribution in [3.63, 3.8) is 0 Å². The molecule has 2 aliphatic heterocycles. The van der Waals surface area contributed by atoms with Gasteiger partial charge in [-0.2, -0.15) is 0 Å². The number of thioether (sulfide) groups is 1. The van der Waals surface area contributed by atoms with Gasteiger partial charge in [-0.25, -0.2) is 28.1 Å². The number of aromatic nitrogens is 3. The Morgan fingerprint density at radius 1 is 1.26 bits per heavy atom. The molecular weight excluding hydrogens is 478 g/mol. The van der Waals surface area contributed by atoms with E-state index < -0.39 is 17.0 Å². The van der Waals surface area contributed by atoms with E-state index in [1.165, 1.54) is 37.1 Å². The number of amidine groups is 1. The van der Waals surface area contributed by atoms with Crippen molar-refractivity contribution in [3.8, 4) is 0 Å². The molecule has 0 spiro atoms. The first-order valence-electron chi connectivity index (χ1n) is 10.7. The molecule has 4 heterocycles. The maximum Gasteiger partial charge on any atom is 0.257 e. The first kappa shape index (κ1) is 22.9. The van der Waals surface area contributed by atoms with E-state index in [1.807, 2.05) is 29.2 Å². The van der Waals surface area contributed by atoms with Gasteiger partial charge in [0.2, 0.25) is 5.95 Å². The van der Waals surface area contributed by atoms with Crippen LogP contribution >= 0.6 is 23.3 Å². The molecule has 5 rings (SSSR count). The minimum absolute atomic E-state index is 0.0748. The second-order valence-corrected chi connectivity index (χ2v) is 10.6. The van der Waals surface area contributed by atoms with E-state index in [-0.39, 0.29) is 23.5 Å². The number of benzene rings is 1. The molecule has 3 aromatic rings. The van der Waals surface area contributed by atoms with Crippen LogP contribution in [0.15, 0.2) is 53.8 Å². The zero-order valence-electron chi connectivity index (χ0n) is 18.5. The fourth-order valence-corrected chi connectivity index (χ4v) is 6.21. The van der Waals surface area contributed by atoms with Gasteiger partial charge in [0.15, 0.2) is 11.0 Å². The molecule has 1 aromatic carbocycles. The molecule has 176 valence electrons. The zero-order chi connectivity index (χ0) is 23.9. The number of carbonyl (C=O) groups excluding carboxylic acids is 1. The lowest BCUT2D eigenvalue weighted by Gasteiger charge is -2.33. The summed E-state index contributed by atoms with van der Waals surface area (Å²) < 4.78 is 33.0. The Morgan fingerprint density at radius 2 is 2.06 bits per heavy atom. The fourth-order valence-electron chi connectivity index (χ4n) is 4.29. The predicted molar refractivity (Wildman–Crippen MR) is 129 cm³/mol. The molecule has 2 unspecified atom stereocenters. The Morgan fingerprint density at radius 3 is 2.76 bits per heavy atom. The van der Waals surface area contributed by atoms with Gasteiger partial charge in [0.1, 0.15) is 16.9 Å². The lowest BCUT2D eigenvalue weighted by atomic mass is 9.87. The third-order valence-electron chi connectivity index (χ3n) is 5.97. The summed E-state index contributed by atoms with van der Waals surface area (Å²) in [5, 5.41) is 3.47. The largest absolute Gasteiger partial charge is 0.338 e. The number of amides is 1. The lowest BCUT2D eigenvalue weighted by molar-refractivity contribution is 0.0977. The van der Waals surface area contributed by atoms with Gasteiger partial charge in [0.05, 0.1) is 17.6 Å². The maximum atomic E-state index is 14.5. The average Bonchev–Trinajstić information content (AvgIpc) is 3.48. The summed E-state index contributed by atoms with van der Waals surface area (Å²) in [6.07, 6.45) is 2.75. The van der Waals surface area contributed by atoms with Crippen molar-refractivity contribution >= 4 is 40.3 Å². The summed E-state index contributed by atoms with van der Waals surface area (Å²) in [5.74, 6) is 0.0347. The number of hydrogen-bond acceptors (Lipinski definition) is 8. The number of aliphatic imine (C=N–C) groups is 1. The first-order valence-corrected chi connectivity index (χ1v) is 12.5. The van der Waals surface area contributed by atoms with Crippen LogP contribution in [0.25, 0.3) is 0 Å². The monoisotopic (exact) mass is 500 g/mol. The minimum atomic E-state index is -1.94. The van der Waals surface area contributed by atoms with Crippen LogP contribution < -0.4 is 10.2 Å². The minimum Gasteiger partial charge on any atom is -0.338 e. The average molecular weight is 501 g/mol. The Labute approximate surface area is 203 Å². The third kappa shape index (κ3) is 4.18. The standard InChI is InChI=1S/C23H22F2N6OS2/c1-22(2,25)18-16(24)10-26-20(28-18)31-11-15-12-33-21(29-19(32)14-6-4-3-5-7-14)30-23(15,13-31)17-8-9-27-34-17/h3-10,15H,11-13H2,1-2H3,(H,29,30,32). The van der Waals surface area contributed by atoms with Crippen molar-refractivity contribution < 1.29 is 13.6 Å². The second kappa shape index (κ2) is 8.70. The number of anilines is 1. The summed E-state index contributed by atoms with van der Waals surface area (Å²) in [5.41, 5.74) is -2.33. The molecule has 0 radical (unpaired) electrons. The van der Waals surface area contributed by atoms with Crippen LogP contribution in [0.2, 0.25) is 0 Å². The van der Waals surface area contributed by atoms with Gasteiger partial charge in [-0.1, -0.05) is 30.0 Å². The molecule has 1 N–H and O–H groups in total. The van der Waals surface area contributed by atoms with Crippen LogP contribution in [0.1, 0.15) is 34.8 Å². The van der Waals surface area contributed by atoms with Gasteiger partial charge in [0.25, 0.3) is 5.91 Å². The number of nitrogens with zero attached hydrogens (tertiary/aromatic N) is 5. The van der Waals surface area contributed by atoms with Crippen LogP contribution in [0.5, 0.6) is 0 Å². The number of rotatable bonds is 4. The Hall–Kier alpha value is -2.92. The molecule has 2 atom stereocenters. The Bertz CT molecular complexity index is 1230. The van der Waals surface area contributed by atoms with Crippen molar-refractivity contribution in [1.29, 1.82) is 0 Å². The molecule has 1 saturated heterocycles. The highest BCUT2D eigenvalue weighted by atomic mass is 32.2. The molecular formula is C23H22F2N6OS2. The topological polar surface area (TPSA) is 83.4 Å². The highest BCUT2D eigenvalue weighted by Crippen LogP contribution is 2.47. The molecule has 1 fully saturated rings. The molecule has 2 aromatic heterocycles. The number of hydrogen-bond donors (Lipinski definition) is 1. The number of alkyl halides is 1. The Kier molecular flexibility index (Phi) is 5.85. The molecule has 1 amide bonds. The van der Waals surface area contributed by atoms with E-state index >= 15 is 0 Å². The first-order chi connectivity index (χ1) is 16.3. The van der Waals surface area contributed by atoms with E-state index in [0.717, 1.165) is 11.1 Å². The summed E-state index contributed by atoms with van der Waals surface area (Å²) >= 11 is 2.83. The van der Waals surface area contributed by atoms with E-state index in [9.17, 15) is 13.6 Å². The van der Waals surface area contributed by atoms with Gasteiger partial charge < -0.3 is 10.2 Å². The predicted octanol–water partition coefficient (Wildman–Crippen LogP) is 4.14. The van der Waals surface area contributed by atoms with Crippen molar-refractivity contribution in [3.05, 3.63) is 70.7 Å². The normalized spacial score (nSPS) is 22.3. The van der Waals surface area contributed by atoms with Gasteiger partial charge >= 0.3 is 0 Å². The van der Waals surface area contributed by atoms with E-state index in [1.54, 1.807) is 18.3 Å². The molecule has 2 aliphatic rings. The fraction of sp³-hybridized carbons (Fsp3) is 0.348. The Balaban J connectivity index is 1.48. The van der Waals surface area contributed by atoms with Crippen LogP contribution in [0.4, 0.5) is 14.7 Å². The number of nitrogens with one attached hydrogen (secondary N) is 1. The van der Waals surface area contributed by atoms with E-state index in [4.69, 9.17) is 4.99 Å². The number of fused-ring (bicyclic) bond motifs is 1. The molecule has 7 nitrogen and oxygen atoms in total. The van der Waals surface area contributed by atoms with Crippen molar-refractivity contribution in [2.24, 2.45) is 10.9 Å². The highest BCUT2D eigenvalue weighted by molar-refractivity contribution is 8.13. The maximum absolute atomic E-state index is 14.5. The number of halogens is 2. The molecule has 0 aliphatic carbocycles. The summed E-state index contributed by atoms with van der Waals surface area (Å²) in [6, 6.07) is 10.9. The van der Waals surface area contributed by atoms with Gasteiger partial charge in [-0.3, -0.25) is 4.79 Å². The second-order valence-electron chi connectivity index (χ2n) is 8.77. The van der Waals surface area contributed by atoms with Crippen LogP contribution in [-0.2, 0) is 11.2 Å². The van der Waals surface area contributed by atoms with Gasteiger partial charge in [-0.15, -0.1) is 0 Å². The van der Waals surface area contributed by atoms with Crippen LogP contribution in [-0.4, -0.2) is 44.3 Å². The molecule has 0 saturated carbocycles. The van der Waals surface area contributed by atoms with Crippen molar-refractivity contribution in [1.82, 2.24) is 19.7 Å². The van der Waals surface area contributed by atoms with E-state index in [0.29, 0.717) is 29.6 Å². The zero-order valence-corrected chi connectivity index (χ0v) is 20.2. The smallest absolute Gasteiger partial charge is 0.257 e. The molecule has 0 bridgehead atoms. The van der Waals surface area contributed by atoms with Gasteiger partial charge in [-0.05, 0) is 43.6 Å². The van der Waals surface area contributed by atoms with Crippen LogP contribution in [0.3, 0.4) is 0 Å². The molecule has 11 heteroatoms. The van der Waals surface area contributed by atoms with E-state index in [2.05, 4.69) is 19.7 Å². The number of carbonyl (C=O) groups is 1.